The van der Waals surface area contributed by atoms with E-state index < -0.39 is 6.29 Å². The first kappa shape index (κ1) is 21.6. The van der Waals surface area contributed by atoms with Gasteiger partial charge in [0.05, 0.1) is 17.1 Å². The lowest BCUT2D eigenvalue weighted by Crippen LogP contribution is -2.44. The number of nitrogens with zero attached hydrogens (tertiary/aromatic N) is 1. The van der Waals surface area contributed by atoms with E-state index in [4.69, 9.17) is 9.47 Å². The molecule has 0 unspecified atom stereocenters. The minimum atomic E-state index is -0.536. The van der Waals surface area contributed by atoms with Crippen molar-refractivity contribution in [1.82, 2.24) is 5.32 Å². The number of thioether (sulfide) groups is 1. The van der Waals surface area contributed by atoms with Gasteiger partial charge in [-0.25, -0.2) is 0 Å². The number of halogens is 1. The van der Waals surface area contributed by atoms with Crippen LogP contribution in [-0.4, -0.2) is 45.4 Å². The molecule has 0 radical (unpaired) electrons. The topological polar surface area (TPSA) is 67.9 Å². The van der Waals surface area contributed by atoms with Crippen LogP contribution < -0.4 is 10.2 Å². The molecule has 1 aliphatic rings. The average molecular weight is 477 g/mol. The maximum atomic E-state index is 13.2. The Morgan fingerprint density at radius 3 is 2.69 bits per heavy atom. The largest absolute Gasteiger partial charge is 0.354 e. The number of amides is 2. The maximum Gasteiger partial charge on any atom is 0.265 e. The van der Waals surface area contributed by atoms with Gasteiger partial charge in [0, 0.05) is 23.6 Å². The zero-order valence-electron chi connectivity index (χ0n) is 16.1. The van der Waals surface area contributed by atoms with E-state index in [1.165, 1.54) is 30.9 Å². The number of carbonyl (C=O) groups is 2. The Hall–Kier alpha value is -2.13. The maximum absolute atomic E-state index is 13.2. The molecule has 0 aromatic heterocycles. The first-order valence-corrected chi connectivity index (χ1v) is 10.5. The van der Waals surface area contributed by atoms with Gasteiger partial charge in [0.1, 0.15) is 6.54 Å². The first-order valence-electron chi connectivity index (χ1n) is 8.90. The molecule has 2 aromatic carbocycles. The molecule has 152 valence electrons. The van der Waals surface area contributed by atoms with Crippen LogP contribution in [-0.2, 0) is 19.1 Å². The summed E-state index contributed by atoms with van der Waals surface area (Å²) < 4.78 is 11.1. The molecule has 2 amide bonds. The number of hydrogen-bond acceptors (Lipinski definition) is 5. The number of methoxy groups -OCH3 is 2. The van der Waals surface area contributed by atoms with Gasteiger partial charge in [-0.2, -0.15) is 0 Å². The van der Waals surface area contributed by atoms with Gasteiger partial charge in [0.25, 0.3) is 5.91 Å². The molecule has 0 fully saturated rings. The number of fused-ring (bicyclic) bond motifs is 1. The highest BCUT2D eigenvalue weighted by atomic mass is 79.9. The van der Waals surface area contributed by atoms with E-state index in [1.54, 1.807) is 0 Å². The van der Waals surface area contributed by atoms with Crippen LogP contribution in [0.4, 0.5) is 5.69 Å². The lowest BCUT2D eigenvalue weighted by Gasteiger charge is -2.30. The third-order valence-electron chi connectivity index (χ3n) is 4.27. The van der Waals surface area contributed by atoms with Crippen molar-refractivity contribution in [2.75, 3.05) is 32.2 Å². The Labute approximate surface area is 182 Å². The van der Waals surface area contributed by atoms with Crippen molar-refractivity contribution in [2.45, 2.75) is 11.2 Å². The highest BCUT2D eigenvalue weighted by Crippen LogP contribution is 2.41. The fraction of sp³-hybridized carbons (Fsp3) is 0.238. The fourth-order valence-corrected chi connectivity index (χ4v) is 4.30. The van der Waals surface area contributed by atoms with E-state index in [0.717, 1.165) is 20.6 Å². The van der Waals surface area contributed by atoms with Crippen molar-refractivity contribution >= 4 is 51.3 Å². The molecule has 0 bridgehead atoms. The van der Waals surface area contributed by atoms with Crippen LogP contribution in [0.3, 0.4) is 0 Å². The van der Waals surface area contributed by atoms with Gasteiger partial charge in [-0.1, -0.05) is 52.0 Å². The Balaban J connectivity index is 1.83. The van der Waals surface area contributed by atoms with Gasteiger partial charge < -0.3 is 14.8 Å². The lowest BCUT2D eigenvalue weighted by atomic mass is 10.2. The quantitative estimate of drug-likeness (QED) is 0.487. The molecule has 6 nitrogen and oxygen atoms in total. The van der Waals surface area contributed by atoms with Crippen molar-refractivity contribution in [1.29, 1.82) is 0 Å². The van der Waals surface area contributed by atoms with E-state index in [9.17, 15) is 9.59 Å². The Bertz CT molecular complexity index is 930. The molecule has 1 N–H and O–H groups in total. The summed E-state index contributed by atoms with van der Waals surface area (Å²) in [6, 6.07) is 15.3. The second-order valence-corrected chi connectivity index (χ2v) is 8.23. The molecular weight excluding hydrogens is 456 g/mol. The molecule has 0 atom stereocenters. The van der Waals surface area contributed by atoms with Gasteiger partial charge in [-0.3, -0.25) is 14.5 Å². The number of benzene rings is 2. The smallest absolute Gasteiger partial charge is 0.265 e. The van der Waals surface area contributed by atoms with Crippen LogP contribution in [0.1, 0.15) is 5.56 Å². The Morgan fingerprint density at radius 1 is 1.21 bits per heavy atom. The SMILES string of the molecule is COC(CNC(=O)CN1C(=O)C(=Cc2cccc(Br)c2)Sc2ccccc21)OC. The van der Waals surface area contributed by atoms with E-state index in [-0.39, 0.29) is 24.9 Å². The third kappa shape index (κ3) is 5.48. The van der Waals surface area contributed by atoms with Gasteiger partial charge in [-0.15, -0.1) is 0 Å². The summed E-state index contributed by atoms with van der Waals surface area (Å²) in [5.41, 5.74) is 1.63. The van der Waals surface area contributed by atoms with Crippen molar-refractivity contribution in [2.24, 2.45) is 0 Å². The normalized spacial score (nSPS) is 15.0. The minimum absolute atomic E-state index is 0.0909. The molecule has 1 heterocycles. The van der Waals surface area contributed by atoms with Crippen molar-refractivity contribution in [3.63, 3.8) is 0 Å². The fourth-order valence-electron chi connectivity index (χ4n) is 2.83. The first-order chi connectivity index (χ1) is 14.0. The van der Waals surface area contributed by atoms with Gasteiger partial charge >= 0.3 is 0 Å². The number of ether oxygens (including phenoxy) is 2. The predicted octanol–water partition coefficient (Wildman–Crippen LogP) is 3.66. The molecule has 8 heteroatoms. The van der Waals surface area contributed by atoms with Crippen molar-refractivity contribution < 1.29 is 19.1 Å². The Kier molecular flexibility index (Phi) is 7.49. The number of hydrogen-bond donors (Lipinski definition) is 1. The molecule has 29 heavy (non-hydrogen) atoms. The van der Waals surface area contributed by atoms with E-state index in [0.29, 0.717) is 4.91 Å². The van der Waals surface area contributed by atoms with Crippen LogP contribution in [0.25, 0.3) is 6.08 Å². The molecular formula is C21H21BrN2O4S. The van der Waals surface area contributed by atoms with Gasteiger partial charge in [-0.05, 0) is 35.9 Å². The van der Waals surface area contributed by atoms with Crippen molar-refractivity contribution in [3.8, 4) is 0 Å². The second kappa shape index (κ2) is 10.1. The zero-order chi connectivity index (χ0) is 20.8. The molecule has 0 saturated carbocycles. The summed E-state index contributed by atoms with van der Waals surface area (Å²) in [5.74, 6) is -0.500. The molecule has 0 saturated heterocycles. The number of rotatable bonds is 7. The summed E-state index contributed by atoms with van der Waals surface area (Å²) in [6.07, 6.45) is 1.30. The van der Waals surface area contributed by atoms with Gasteiger partial charge in [0.2, 0.25) is 5.91 Å². The number of carbonyl (C=O) groups excluding carboxylic acids is 2. The van der Waals surface area contributed by atoms with Crippen molar-refractivity contribution in [3.05, 3.63) is 63.5 Å². The lowest BCUT2D eigenvalue weighted by molar-refractivity contribution is -0.127. The van der Waals surface area contributed by atoms with Crippen LogP contribution >= 0.6 is 27.7 Å². The molecule has 3 rings (SSSR count). The Morgan fingerprint density at radius 2 is 1.97 bits per heavy atom. The minimum Gasteiger partial charge on any atom is -0.354 e. The van der Waals surface area contributed by atoms with E-state index in [1.807, 2.05) is 54.6 Å². The summed E-state index contributed by atoms with van der Waals surface area (Å²) >= 11 is 4.85. The summed E-state index contributed by atoms with van der Waals surface area (Å²) in [5, 5.41) is 2.74. The van der Waals surface area contributed by atoms with Crippen LogP contribution in [0.5, 0.6) is 0 Å². The molecule has 2 aromatic rings. The standard InChI is InChI=1S/C21H21BrN2O4S/c1-27-20(28-2)12-23-19(25)13-24-16-8-3-4-9-17(16)29-18(21(24)26)11-14-6-5-7-15(22)10-14/h3-11,20H,12-13H2,1-2H3,(H,23,25). The highest BCUT2D eigenvalue weighted by Gasteiger charge is 2.30. The zero-order valence-corrected chi connectivity index (χ0v) is 18.5. The third-order valence-corrected chi connectivity index (χ3v) is 5.84. The molecule has 0 spiro atoms. The van der Waals surface area contributed by atoms with Gasteiger partial charge in [0.15, 0.2) is 6.29 Å². The summed E-state index contributed by atoms with van der Waals surface area (Å²) in [7, 11) is 3.00. The van der Waals surface area contributed by atoms with Crippen LogP contribution in [0.15, 0.2) is 62.8 Å². The van der Waals surface area contributed by atoms with Crippen LogP contribution in [0, 0.1) is 0 Å². The predicted molar refractivity (Wildman–Crippen MR) is 118 cm³/mol. The second-order valence-electron chi connectivity index (χ2n) is 6.23. The summed E-state index contributed by atoms with van der Waals surface area (Å²) in [4.78, 5) is 28.6. The monoisotopic (exact) mass is 476 g/mol. The number of nitrogens with one attached hydrogen (secondary N) is 1. The number of para-hydroxylation sites is 1. The van der Waals surface area contributed by atoms with E-state index >= 15 is 0 Å². The van der Waals surface area contributed by atoms with E-state index in [2.05, 4.69) is 21.2 Å². The van der Waals surface area contributed by atoms with Crippen LogP contribution in [0.2, 0.25) is 0 Å². The number of anilines is 1. The molecule has 0 aliphatic carbocycles. The highest BCUT2D eigenvalue weighted by molar-refractivity contribution is 9.10. The average Bonchev–Trinajstić information content (AvgIpc) is 2.72. The molecule has 1 aliphatic heterocycles. The summed E-state index contributed by atoms with van der Waals surface area (Å²) in [6.45, 7) is 0.109.